The fourth-order valence-electron chi connectivity index (χ4n) is 3.07. The minimum Gasteiger partial charge on any atom is -0.415 e. The average Bonchev–Trinajstić information content (AvgIpc) is 3.23. The summed E-state index contributed by atoms with van der Waals surface area (Å²) in [5.74, 6) is -3.16. The Morgan fingerprint density at radius 3 is 2.52 bits per heavy atom. The van der Waals surface area contributed by atoms with Crippen LogP contribution in [0.3, 0.4) is 0 Å². The fourth-order valence-corrected chi connectivity index (χ4v) is 3.07. The van der Waals surface area contributed by atoms with E-state index < -0.39 is 28.8 Å². The molecule has 0 aliphatic rings. The standard InChI is InChI=1S/C21H16F2N4O4/c1-26-20-16(25-18(31-20)17(28)24-10-12-5-3-2-4-6-12)19(29)27(21(26)30)11-13-7-8-14(22)15(23)9-13/h2-9H,10-11H2,1H3,(H,24,28). The number of benzene rings is 2. The van der Waals surface area contributed by atoms with Gasteiger partial charge in [0.15, 0.2) is 17.2 Å². The molecule has 0 aliphatic carbocycles. The summed E-state index contributed by atoms with van der Waals surface area (Å²) >= 11 is 0. The number of hydrogen-bond donors (Lipinski definition) is 1. The highest BCUT2D eigenvalue weighted by Gasteiger charge is 2.21. The normalized spacial score (nSPS) is 11.1. The second kappa shape index (κ2) is 7.98. The molecule has 2 aromatic heterocycles. The van der Waals surface area contributed by atoms with Crippen molar-refractivity contribution in [2.45, 2.75) is 13.1 Å². The summed E-state index contributed by atoms with van der Waals surface area (Å²) in [5, 5.41) is 2.63. The lowest BCUT2D eigenvalue weighted by Gasteiger charge is -2.07. The Balaban J connectivity index is 1.67. The first-order valence-corrected chi connectivity index (χ1v) is 9.21. The van der Waals surface area contributed by atoms with E-state index >= 15 is 0 Å². The first kappa shape index (κ1) is 20.2. The number of rotatable bonds is 5. The molecule has 0 saturated heterocycles. The smallest absolute Gasteiger partial charge is 0.333 e. The van der Waals surface area contributed by atoms with Crippen molar-refractivity contribution < 1.29 is 18.0 Å². The lowest BCUT2D eigenvalue weighted by molar-refractivity contribution is 0.0918. The van der Waals surface area contributed by atoms with Gasteiger partial charge in [0, 0.05) is 13.6 Å². The maximum absolute atomic E-state index is 13.5. The summed E-state index contributed by atoms with van der Waals surface area (Å²) in [6.07, 6.45) is 0. The third-order valence-electron chi connectivity index (χ3n) is 4.69. The van der Waals surface area contributed by atoms with Crippen LogP contribution in [-0.4, -0.2) is 20.0 Å². The van der Waals surface area contributed by atoms with E-state index in [2.05, 4.69) is 10.3 Å². The number of aryl methyl sites for hydroxylation is 1. The van der Waals surface area contributed by atoms with E-state index in [0.717, 1.165) is 26.8 Å². The zero-order valence-corrected chi connectivity index (χ0v) is 16.3. The number of nitrogens with one attached hydrogen (secondary N) is 1. The maximum Gasteiger partial charge on any atom is 0.333 e. The molecule has 0 saturated carbocycles. The number of fused-ring (bicyclic) bond motifs is 1. The monoisotopic (exact) mass is 426 g/mol. The van der Waals surface area contributed by atoms with Crippen LogP contribution >= 0.6 is 0 Å². The Bertz CT molecular complexity index is 1410. The summed E-state index contributed by atoms with van der Waals surface area (Å²) in [5.41, 5.74) is -0.894. The lowest BCUT2D eigenvalue weighted by atomic mass is 10.2. The van der Waals surface area contributed by atoms with E-state index in [1.165, 1.54) is 13.1 Å². The quantitative estimate of drug-likeness (QED) is 0.526. The molecule has 1 amide bonds. The molecule has 0 bridgehead atoms. The summed E-state index contributed by atoms with van der Waals surface area (Å²) in [6, 6.07) is 12.2. The van der Waals surface area contributed by atoms with Crippen molar-refractivity contribution in [1.82, 2.24) is 19.4 Å². The molecule has 2 aromatic carbocycles. The van der Waals surface area contributed by atoms with Gasteiger partial charge in [-0.1, -0.05) is 36.4 Å². The van der Waals surface area contributed by atoms with Crippen LogP contribution in [-0.2, 0) is 20.1 Å². The van der Waals surface area contributed by atoms with E-state index in [4.69, 9.17) is 4.42 Å². The average molecular weight is 426 g/mol. The molecular weight excluding hydrogens is 410 g/mol. The SMILES string of the molecule is Cn1c(=O)n(Cc2ccc(F)c(F)c2)c(=O)c2nc(C(=O)NCc3ccccc3)oc21. The summed E-state index contributed by atoms with van der Waals surface area (Å²) in [4.78, 5) is 41.8. The second-order valence-electron chi connectivity index (χ2n) is 6.82. The van der Waals surface area contributed by atoms with Crippen molar-refractivity contribution in [3.05, 3.63) is 98.0 Å². The third-order valence-corrected chi connectivity index (χ3v) is 4.69. The molecule has 0 aliphatic heterocycles. The molecule has 0 atom stereocenters. The molecule has 0 fully saturated rings. The number of halogens is 2. The molecule has 4 aromatic rings. The van der Waals surface area contributed by atoms with Gasteiger partial charge in [-0.3, -0.25) is 18.7 Å². The zero-order chi connectivity index (χ0) is 22.1. The number of oxazole rings is 1. The van der Waals surface area contributed by atoms with Gasteiger partial charge in [-0.15, -0.1) is 0 Å². The van der Waals surface area contributed by atoms with Gasteiger partial charge >= 0.3 is 11.6 Å². The summed E-state index contributed by atoms with van der Waals surface area (Å²) in [6.45, 7) is -0.0846. The van der Waals surface area contributed by atoms with Crippen LogP contribution in [0.25, 0.3) is 11.2 Å². The number of hydrogen-bond acceptors (Lipinski definition) is 5. The molecule has 1 N–H and O–H groups in total. The highest BCUT2D eigenvalue weighted by atomic mass is 19.2. The largest absolute Gasteiger partial charge is 0.415 e. The molecule has 0 radical (unpaired) electrons. The zero-order valence-electron chi connectivity index (χ0n) is 16.3. The maximum atomic E-state index is 13.5. The lowest BCUT2D eigenvalue weighted by Crippen LogP contribution is -2.39. The summed E-state index contributed by atoms with van der Waals surface area (Å²) < 4.78 is 33.8. The highest BCUT2D eigenvalue weighted by molar-refractivity contribution is 5.91. The van der Waals surface area contributed by atoms with Gasteiger partial charge in [0.25, 0.3) is 11.4 Å². The van der Waals surface area contributed by atoms with E-state index in [1.54, 1.807) is 0 Å². The second-order valence-corrected chi connectivity index (χ2v) is 6.82. The first-order valence-electron chi connectivity index (χ1n) is 9.21. The van der Waals surface area contributed by atoms with Gasteiger partial charge in [0.05, 0.1) is 6.54 Å². The molecular formula is C21H16F2N4O4. The van der Waals surface area contributed by atoms with Crippen LogP contribution in [0.15, 0.2) is 62.5 Å². The predicted octanol–water partition coefficient (Wildman–Crippen LogP) is 1.94. The van der Waals surface area contributed by atoms with Crippen molar-refractivity contribution >= 4 is 17.1 Å². The van der Waals surface area contributed by atoms with E-state index in [-0.39, 0.29) is 35.8 Å². The van der Waals surface area contributed by atoms with Crippen LogP contribution in [0.1, 0.15) is 21.8 Å². The minimum absolute atomic E-state index is 0.165. The van der Waals surface area contributed by atoms with Crippen LogP contribution in [0.4, 0.5) is 8.78 Å². The predicted molar refractivity (Wildman–Crippen MR) is 107 cm³/mol. The molecule has 0 unspecified atom stereocenters. The van der Waals surface area contributed by atoms with Crippen LogP contribution in [0.2, 0.25) is 0 Å². The number of nitrogens with zero attached hydrogens (tertiary/aromatic N) is 3. The molecule has 8 nitrogen and oxygen atoms in total. The molecule has 0 spiro atoms. The van der Waals surface area contributed by atoms with Gasteiger partial charge in [0.1, 0.15) is 0 Å². The van der Waals surface area contributed by atoms with Crippen molar-refractivity contribution in [2.24, 2.45) is 7.05 Å². The fraction of sp³-hybridized carbons (Fsp3) is 0.143. The molecule has 158 valence electrons. The van der Waals surface area contributed by atoms with Crippen molar-refractivity contribution in [2.75, 3.05) is 0 Å². The minimum atomic E-state index is -1.10. The van der Waals surface area contributed by atoms with Gasteiger partial charge in [0.2, 0.25) is 5.71 Å². The Labute approximate surface area is 173 Å². The topological polar surface area (TPSA) is 99.1 Å². The van der Waals surface area contributed by atoms with Crippen molar-refractivity contribution in [3.63, 3.8) is 0 Å². The first-order chi connectivity index (χ1) is 14.8. The number of carbonyl (C=O) groups excluding carboxylic acids is 1. The van der Waals surface area contributed by atoms with Crippen LogP contribution in [0, 0.1) is 11.6 Å². The van der Waals surface area contributed by atoms with Gasteiger partial charge < -0.3 is 9.73 Å². The molecule has 2 heterocycles. The van der Waals surface area contributed by atoms with E-state index in [9.17, 15) is 23.2 Å². The molecule has 10 heteroatoms. The van der Waals surface area contributed by atoms with E-state index in [1.807, 2.05) is 30.3 Å². The number of carbonyl (C=O) groups is 1. The van der Waals surface area contributed by atoms with Gasteiger partial charge in [-0.2, -0.15) is 4.98 Å². The van der Waals surface area contributed by atoms with Crippen molar-refractivity contribution in [3.8, 4) is 0 Å². The molecule has 31 heavy (non-hydrogen) atoms. The Hall–Kier alpha value is -4.08. The highest BCUT2D eigenvalue weighted by Crippen LogP contribution is 2.12. The van der Waals surface area contributed by atoms with Crippen LogP contribution < -0.4 is 16.6 Å². The summed E-state index contributed by atoms with van der Waals surface area (Å²) in [7, 11) is 1.35. The third kappa shape index (κ3) is 3.87. The molecule has 4 rings (SSSR count). The number of amides is 1. The van der Waals surface area contributed by atoms with Gasteiger partial charge in [-0.05, 0) is 23.3 Å². The Kier molecular flexibility index (Phi) is 5.20. The Morgan fingerprint density at radius 2 is 1.81 bits per heavy atom. The Morgan fingerprint density at radius 1 is 1.06 bits per heavy atom. The van der Waals surface area contributed by atoms with Gasteiger partial charge in [-0.25, -0.2) is 13.6 Å². The van der Waals surface area contributed by atoms with E-state index in [0.29, 0.717) is 0 Å². The van der Waals surface area contributed by atoms with Crippen LogP contribution in [0.5, 0.6) is 0 Å². The number of aromatic nitrogens is 3. The van der Waals surface area contributed by atoms with Crippen molar-refractivity contribution in [1.29, 1.82) is 0 Å².